The fourth-order valence-electron chi connectivity index (χ4n) is 4.39. The average Bonchev–Trinajstić information content (AvgIpc) is 3.33. The Labute approximate surface area is 238 Å². The van der Waals surface area contributed by atoms with E-state index in [0.29, 0.717) is 22.9 Å². The number of benzene rings is 4. The zero-order valence-corrected chi connectivity index (χ0v) is 22.9. The molecule has 6 aromatic rings. The lowest BCUT2D eigenvalue weighted by molar-refractivity contribution is 0.262. The molecule has 2 amide bonds. The van der Waals surface area contributed by atoms with E-state index >= 15 is 0 Å². The number of nitrogens with one attached hydrogen (secondary N) is 3. The second-order valence-corrected chi connectivity index (χ2v) is 10.2. The van der Waals surface area contributed by atoms with E-state index in [9.17, 15) is 4.79 Å². The molecule has 0 saturated heterocycles. The van der Waals surface area contributed by atoms with Crippen molar-refractivity contribution in [3.05, 3.63) is 118 Å². The molecular weight excluding hydrogens is 576 g/mol. The molecule has 0 aliphatic rings. The number of amides is 2. The number of urea groups is 1. The SMILES string of the molecule is O=C(Nc1ccc(CNc2cc(-c3ccccc3Cl)nc3c(Br)cnn23)cc1)Nc1cccc2ccccc12. The van der Waals surface area contributed by atoms with Gasteiger partial charge >= 0.3 is 6.03 Å². The van der Waals surface area contributed by atoms with Crippen LogP contribution in [0.3, 0.4) is 0 Å². The Bertz CT molecular complexity index is 1810. The van der Waals surface area contributed by atoms with E-state index in [4.69, 9.17) is 16.6 Å². The van der Waals surface area contributed by atoms with Gasteiger partial charge in [-0.15, -0.1) is 0 Å². The van der Waals surface area contributed by atoms with Crippen molar-refractivity contribution >= 4 is 67.2 Å². The van der Waals surface area contributed by atoms with Crippen LogP contribution in [0.2, 0.25) is 5.02 Å². The van der Waals surface area contributed by atoms with Gasteiger partial charge in [0.25, 0.3) is 0 Å². The zero-order valence-electron chi connectivity index (χ0n) is 20.5. The first-order valence-electron chi connectivity index (χ1n) is 12.2. The molecule has 2 aromatic heterocycles. The van der Waals surface area contributed by atoms with Gasteiger partial charge in [0.1, 0.15) is 5.82 Å². The molecule has 0 saturated carbocycles. The molecule has 2 heterocycles. The van der Waals surface area contributed by atoms with Gasteiger partial charge in [-0.05, 0) is 51.1 Å². The Kier molecular flexibility index (Phi) is 6.87. The molecule has 6 rings (SSSR count). The van der Waals surface area contributed by atoms with Crippen LogP contribution >= 0.6 is 27.5 Å². The number of halogens is 2. The molecule has 0 aliphatic heterocycles. The topological polar surface area (TPSA) is 83.3 Å². The lowest BCUT2D eigenvalue weighted by Crippen LogP contribution is -2.19. The van der Waals surface area contributed by atoms with Crippen LogP contribution in [-0.4, -0.2) is 20.6 Å². The Morgan fingerprint density at radius 3 is 2.51 bits per heavy atom. The number of hydrogen-bond acceptors (Lipinski definition) is 4. The van der Waals surface area contributed by atoms with Crippen molar-refractivity contribution in [3.8, 4) is 11.3 Å². The Morgan fingerprint density at radius 1 is 0.897 bits per heavy atom. The summed E-state index contributed by atoms with van der Waals surface area (Å²) < 4.78 is 2.54. The number of aromatic nitrogens is 3. The third kappa shape index (κ3) is 5.30. The fourth-order valence-corrected chi connectivity index (χ4v) is 4.97. The van der Waals surface area contributed by atoms with Crippen molar-refractivity contribution in [2.75, 3.05) is 16.0 Å². The van der Waals surface area contributed by atoms with Crippen LogP contribution in [0.25, 0.3) is 27.7 Å². The van der Waals surface area contributed by atoms with Crippen molar-refractivity contribution in [3.63, 3.8) is 0 Å². The molecule has 9 heteroatoms. The number of fused-ring (bicyclic) bond motifs is 2. The quantitative estimate of drug-likeness (QED) is 0.181. The van der Waals surface area contributed by atoms with E-state index in [1.807, 2.05) is 97.1 Å². The highest BCUT2D eigenvalue weighted by molar-refractivity contribution is 9.10. The van der Waals surface area contributed by atoms with Crippen LogP contribution < -0.4 is 16.0 Å². The summed E-state index contributed by atoms with van der Waals surface area (Å²) in [6.07, 6.45) is 1.72. The largest absolute Gasteiger partial charge is 0.366 e. The highest BCUT2D eigenvalue weighted by atomic mass is 79.9. The summed E-state index contributed by atoms with van der Waals surface area (Å²) in [5, 5.41) is 16.4. The first-order chi connectivity index (χ1) is 19.0. The molecule has 0 aliphatic carbocycles. The van der Waals surface area contributed by atoms with Crippen LogP contribution in [0, 0.1) is 0 Å². The zero-order chi connectivity index (χ0) is 26.8. The molecule has 0 fully saturated rings. The minimum atomic E-state index is -0.298. The van der Waals surface area contributed by atoms with Gasteiger partial charge in [-0.1, -0.05) is 78.3 Å². The van der Waals surface area contributed by atoms with E-state index < -0.39 is 0 Å². The fraction of sp³-hybridized carbons (Fsp3) is 0.0333. The van der Waals surface area contributed by atoms with Crippen molar-refractivity contribution in [2.45, 2.75) is 6.54 Å². The Balaban J connectivity index is 1.15. The summed E-state index contributed by atoms with van der Waals surface area (Å²) in [4.78, 5) is 17.4. The molecule has 0 unspecified atom stereocenters. The molecule has 7 nitrogen and oxygen atoms in total. The van der Waals surface area contributed by atoms with Gasteiger partial charge in [-0.2, -0.15) is 9.61 Å². The normalized spacial score (nSPS) is 11.0. The summed E-state index contributed by atoms with van der Waals surface area (Å²) in [6, 6.07) is 30.7. The molecule has 39 heavy (non-hydrogen) atoms. The maximum atomic E-state index is 12.7. The van der Waals surface area contributed by atoms with E-state index in [0.717, 1.165) is 43.6 Å². The first-order valence-corrected chi connectivity index (χ1v) is 13.4. The summed E-state index contributed by atoms with van der Waals surface area (Å²) >= 11 is 9.98. The second-order valence-electron chi connectivity index (χ2n) is 8.89. The van der Waals surface area contributed by atoms with Gasteiger partial charge in [0.15, 0.2) is 5.65 Å². The third-order valence-corrected chi connectivity index (χ3v) is 7.19. The maximum absolute atomic E-state index is 12.7. The van der Waals surface area contributed by atoms with Gasteiger partial charge in [-0.3, -0.25) is 0 Å². The number of nitrogens with zero attached hydrogens (tertiary/aromatic N) is 3. The predicted octanol–water partition coefficient (Wildman–Crippen LogP) is 8.22. The van der Waals surface area contributed by atoms with Crippen molar-refractivity contribution < 1.29 is 4.79 Å². The first kappa shape index (κ1) is 24.9. The van der Waals surface area contributed by atoms with Crippen LogP contribution in [0.5, 0.6) is 0 Å². The minimum Gasteiger partial charge on any atom is -0.366 e. The highest BCUT2D eigenvalue weighted by Gasteiger charge is 2.13. The van der Waals surface area contributed by atoms with Gasteiger partial charge < -0.3 is 16.0 Å². The van der Waals surface area contributed by atoms with Crippen LogP contribution in [-0.2, 0) is 6.54 Å². The molecule has 0 atom stereocenters. The lowest BCUT2D eigenvalue weighted by Gasteiger charge is -2.13. The summed E-state index contributed by atoms with van der Waals surface area (Å²) in [6.45, 7) is 0.543. The summed E-state index contributed by atoms with van der Waals surface area (Å²) in [5.41, 5.74) is 4.76. The van der Waals surface area contributed by atoms with Gasteiger partial charge in [0.05, 0.1) is 22.1 Å². The van der Waals surface area contributed by atoms with Crippen LogP contribution in [0.1, 0.15) is 5.56 Å². The van der Waals surface area contributed by atoms with Gasteiger partial charge in [0, 0.05) is 34.3 Å². The maximum Gasteiger partial charge on any atom is 0.323 e. The van der Waals surface area contributed by atoms with Crippen molar-refractivity contribution in [2.24, 2.45) is 0 Å². The monoisotopic (exact) mass is 596 g/mol. The van der Waals surface area contributed by atoms with E-state index in [-0.39, 0.29) is 6.03 Å². The smallest absolute Gasteiger partial charge is 0.323 e. The standard InChI is InChI=1S/C30H22BrClN6O/c31-24-18-34-38-28(16-27(36-29(24)38)23-9-3-4-10-25(23)32)33-17-19-12-14-21(15-13-19)35-30(39)37-26-11-5-7-20-6-1-2-8-22(20)26/h1-16,18,33H,17H2,(H2,35,37,39). The minimum absolute atomic E-state index is 0.298. The van der Waals surface area contributed by atoms with Crippen LogP contribution in [0.4, 0.5) is 22.0 Å². The van der Waals surface area contributed by atoms with E-state index in [1.165, 1.54) is 0 Å². The van der Waals surface area contributed by atoms with Gasteiger partial charge in [0.2, 0.25) is 0 Å². The van der Waals surface area contributed by atoms with Crippen molar-refractivity contribution in [1.29, 1.82) is 0 Å². The molecule has 4 aromatic carbocycles. The number of carbonyl (C=O) groups excluding carboxylic acids is 1. The molecule has 0 radical (unpaired) electrons. The van der Waals surface area contributed by atoms with Crippen molar-refractivity contribution in [1.82, 2.24) is 14.6 Å². The molecular formula is C30H22BrClN6O. The number of carbonyl (C=O) groups is 1. The van der Waals surface area contributed by atoms with E-state index in [2.05, 4.69) is 37.0 Å². The number of hydrogen-bond donors (Lipinski definition) is 3. The highest BCUT2D eigenvalue weighted by Crippen LogP contribution is 2.30. The van der Waals surface area contributed by atoms with Gasteiger partial charge in [-0.25, -0.2) is 9.78 Å². The Morgan fingerprint density at radius 2 is 1.67 bits per heavy atom. The molecule has 0 spiro atoms. The molecule has 192 valence electrons. The Hall–Kier alpha value is -4.40. The molecule has 3 N–H and O–H groups in total. The summed E-state index contributed by atoms with van der Waals surface area (Å²) in [7, 11) is 0. The molecule has 0 bridgehead atoms. The predicted molar refractivity (Wildman–Crippen MR) is 161 cm³/mol. The number of anilines is 3. The lowest BCUT2D eigenvalue weighted by atomic mass is 10.1. The van der Waals surface area contributed by atoms with Crippen LogP contribution in [0.15, 0.2) is 108 Å². The van der Waals surface area contributed by atoms with E-state index in [1.54, 1.807) is 10.7 Å². The average molecular weight is 598 g/mol. The third-order valence-electron chi connectivity index (χ3n) is 6.30. The summed E-state index contributed by atoms with van der Waals surface area (Å²) in [5.74, 6) is 0.775. The second kappa shape index (κ2) is 10.8. The number of rotatable bonds is 6.